The third kappa shape index (κ3) is 6.04. The number of carboxylic acid groups (broad SMARTS) is 1. The van der Waals surface area contributed by atoms with E-state index >= 15 is 0 Å². The van der Waals surface area contributed by atoms with Gasteiger partial charge in [0.2, 0.25) is 5.96 Å². The van der Waals surface area contributed by atoms with E-state index in [1.807, 2.05) is 0 Å². The summed E-state index contributed by atoms with van der Waals surface area (Å²) in [6, 6.07) is 2.77. The number of nitrogens with zero attached hydrogens (tertiary/aromatic N) is 2. The number of aliphatic hydroxyl groups excluding tert-OH is 1. The monoisotopic (exact) mass is 486 g/mol. The quantitative estimate of drug-likeness (QED) is 0.347. The highest BCUT2D eigenvalue weighted by atomic mass is 16.4. The van der Waals surface area contributed by atoms with E-state index in [2.05, 4.69) is 42.3 Å². The van der Waals surface area contributed by atoms with Crippen LogP contribution in [0.25, 0.3) is 0 Å². The average molecular weight is 487 g/mol. The molecule has 2 heterocycles. The number of fused-ring (bicyclic) bond motifs is 1. The van der Waals surface area contributed by atoms with Gasteiger partial charge in [-0.1, -0.05) is 39.5 Å². The number of nitrogens with one attached hydrogen (secondary N) is 2. The van der Waals surface area contributed by atoms with Crippen molar-refractivity contribution in [2.45, 2.75) is 128 Å². The number of aliphatic imine (C=N–C) groups is 1. The van der Waals surface area contributed by atoms with Gasteiger partial charge >= 0.3 is 5.97 Å². The SMILES string of the molecule is CCCCCC(C)NC1=NCc2c(C3CCC(C(=O)O)CC3CC)cc(C3CCC(O)CC3)n2N1. The molecule has 4 rings (SSSR count). The summed E-state index contributed by atoms with van der Waals surface area (Å²) in [4.78, 5) is 16.6. The van der Waals surface area contributed by atoms with Gasteiger partial charge in [-0.2, -0.15) is 0 Å². The Hall–Kier alpha value is -2.02. The van der Waals surface area contributed by atoms with Crippen molar-refractivity contribution in [3.8, 4) is 0 Å². The number of unbranched alkanes of at least 4 members (excludes halogenated alkanes) is 2. The molecule has 1 aliphatic heterocycles. The number of rotatable bonds is 9. The van der Waals surface area contributed by atoms with Crippen molar-refractivity contribution in [2.24, 2.45) is 16.8 Å². The zero-order chi connectivity index (χ0) is 24.9. The first-order valence-corrected chi connectivity index (χ1v) is 14.1. The first-order valence-electron chi connectivity index (χ1n) is 14.1. The van der Waals surface area contributed by atoms with E-state index in [0.29, 0.717) is 30.3 Å². The lowest BCUT2D eigenvalue weighted by Crippen LogP contribution is -2.44. The van der Waals surface area contributed by atoms with Crippen LogP contribution in [0, 0.1) is 11.8 Å². The lowest BCUT2D eigenvalue weighted by Gasteiger charge is -2.35. The number of carbonyl (C=O) groups is 1. The van der Waals surface area contributed by atoms with Gasteiger partial charge in [-0.3, -0.25) is 14.9 Å². The van der Waals surface area contributed by atoms with E-state index in [9.17, 15) is 15.0 Å². The molecule has 1 aromatic rings. The maximum atomic E-state index is 11.7. The van der Waals surface area contributed by atoms with E-state index in [0.717, 1.165) is 63.7 Å². The molecule has 4 N–H and O–H groups in total. The second-order valence-electron chi connectivity index (χ2n) is 11.3. The lowest BCUT2D eigenvalue weighted by molar-refractivity contribution is -0.143. The molecule has 2 fully saturated rings. The maximum Gasteiger partial charge on any atom is 0.306 e. The van der Waals surface area contributed by atoms with Crippen molar-refractivity contribution in [2.75, 3.05) is 5.43 Å². The number of aliphatic hydroxyl groups is 1. The van der Waals surface area contributed by atoms with Crippen molar-refractivity contribution < 1.29 is 15.0 Å². The molecule has 0 aromatic carbocycles. The molecule has 2 saturated carbocycles. The molecule has 35 heavy (non-hydrogen) atoms. The van der Waals surface area contributed by atoms with Crippen molar-refractivity contribution in [3.63, 3.8) is 0 Å². The highest BCUT2D eigenvalue weighted by Crippen LogP contribution is 2.46. The molecule has 1 aromatic heterocycles. The lowest BCUT2D eigenvalue weighted by atomic mass is 9.70. The zero-order valence-corrected chi connectivity index (χ0v) is 21.9. The minimum Gasteiger partial charge on any atom is -0.481 e. The van der Waals surface area contributed by atoms with Crippen LogP contribution in [0.3, 0.4) is 0 Å². The fourth-order valence-corrected chi connectivity index (χ4v) is 6.61. The zero-order valence-electron chi connectivity index (χ0n) is 21.9. The molecule has 0 saturated heterocycles. The molecule has 7 nitrogen and oxygen atoms in total. The molecular formula is C28H46N4O3. The molecule has 0 radical (unpaired) electrons. The second-order valence-corrected chi connectivity index (χ2v) is 11.3. The van der Waals surface area contributed by atoms with Gasteiger partial charge in [0, 0.05) is 17.7 Å². The van der Waals surface area contributed by atoms with Crippen LogP contribution in [-0.4, -0.2) is 39.0 Å². The minimum absolute atomic E-state index is 0.173. The van der Waals surface area contributed by atoms with E-state index in [1.165, 1.54) is 36.2 Å². The van der Waals surface area contributed by atoms with Gasteiger partial charge < -0.3 is 15.5 Å². The molecule has 4 atom stereocenters. The minimum atomic E-state index is -0.641. The van der Waals surface area contributed by atoms with Gasteiger partial charge in [0.15, 0.2) is 0 Å². The van der Waals surface area contributed by atoms with Crippen molar-refractivity contribution >= 4 is 11.9 Å². The largest absolute Gasteiger partial charge is 0.481 e. The topological polar surface area (TPSA) is 98.9 Å². The van der Waals surface area contributed by atoms with Crippen LogP contribution in [0.5, 0.6) is 0 Å². The van der Waals surface area contributed by atoms with Crippen LogP contribution < -0.4 is 10.7 Å². The van der Waals surface area contributed by atoms with Gasteiger partial charge in [-0.15, -0.1) is 0 Å². The molecule has 0 bridgehead atoms. The van der Waals surface area contributed by atoms with Crippen LogP contribution in [0.2, 0.25) is 0 Å². The number of hydrogen-bond acceptors (Lipinski definition) is 5. The van der Waals surface area contributed by atoms with Crippen LogP contribution in [0.1, 0.15) is 127 Å². The van der Waals surface area contributed by atoms with E-state index < -0.39 is 5.97 Å². The highest BCUT2D eigenvalue weighted by molar-refractivity contribution is 5.88. The van der Waals surface area contributed by atoms with Crippen molar-refractivity contribution in [3.05, 3.63) is 23.0 Å². The van der Waals surface area contributed by atoms with Crippen LogP contribution in [-0.2, 0) is 11.3 Å². The van der Waals surface area contributed by atoms with Gasteiger partial charge in [0.1, 0.15) is 0 Å². The third-order valence-electron chi connectivity index (χ3n) is 8.76. The Morgan fingerprint density at radius 2 is 1.97 bits per heavy atom. The number of hydrogen-bond donors (Lipinski definition) is 4. The predicted molar refractivity (Wildman–Crippen MR) is 140 cm³/mol. The Balaban J connectivity index is 1.57. The average Bonchev–Trinajstić information content (AvgIpc) is 3.22. The molecule has 3 aliphatic rings. The predicted octanol–water partition coefficient (Wildman–Crippen LogP) is 5.47. The van der Waals surface area contributed by atoms with Gasteiger partial charge in [-0.05, 0) is 81.8 Å². The maximum absolute atomic E-state index is 11.7. The molecule has 0 amide bonds. The molecule has 0 spiro atoms. The Morgan fingerprint density at radius 1 is 1.20 bits per heavy atom. The Labute approximate surface area is 210 Å². The molecular weight excluding hydrogens is 440 g/mol. The van der Waals surface area contributed by atoms with E-state index in [4.69, 9.17) is 4.99 Å². The number of carboxylic acids is 1. The number of guanidine groups is 1. The van der Waals surface area contributed by atoms with Gasteiger partial charge in [0.25, 0.3) is 0 Å². The van der Waals surface area contributed by atoms with Crippen LogP contribution in [0.15, 0.2) is 11.1 Å². The van der Waals surface area contributed by atoms with E-state index in [1.54, 1.807) is 0 Å². The van der Waals surface area contributed by atoms with Crippen molar-refractivity contribution in [1.29, 1.82) is 0 Å². The first kappa shape index (κ1) is 26.1. The fourth-order valence-electron chi connectivity index (χ4n) is 6.61. The fraction of sp³-hybridized carbons (Fsp3) is 0.786. The Bertz CT molecular complexity index is 887. The van der Waals surface area contributed by atoms with Crippen LogP contribution >= 0.6 is 0 Å². The molecule has 7 heteroatoms. The van der Waals surface area contributed by atoms with Crippen molar-refractivity contribution in [1.82, 2.24) is 9.99 Å². The smallest absolute Gasteiger partial charge is 0.306 e. The molecule has 2 aliphatic carbocycles. The molecule has 4 unspecified atom stereocenters. The third-order valence-corrected chi connectivity index (χ3v) is 8.76. The summed E-state index contributed by atoms with van der Waals surface area (Å²) >= 11 is 0. The summed E-state index contributed by atoms with van der Waals surface area (Å²) < 4.78 is 2.29. The normalized spacial score (nSPS) is 29.6. The van der Waals surface area contributed by atoms with Crippen LogP contribution in [0.4, 0.5) is 0 Å². The van der Waals surface area contributed by atoms with Gasteiger partial charge in [-0.25, -0.2) is 4.99 Å². The summed E-state index contributed by atoms with van der Waals surface area (Å²) in [6.07, 6.45) is 11.9. The van der Waals surface area contributed by atoms with Gasteiger partial charge in [0.05, 0.1) is 24.3 Å². The summed E-state index contributed by atoms with van der Waals surface area (Å²) in [5.74, 6) is 1.20. The standard InChI is InChI=1S/C28H46N4O3/c1-4-6-7-8-18(3)30-28-29-17-26-24(23-14-11-21(27(34)35)15-19(23)5-2)16-25(32(26)31-28)20-9-12-22(33)13-10-20/h16,18-23,33H,4-15,17H2,1-3H3,(H,34,35)(H2,29,30,31). The molecule has 196 valence electrons. The Morgan fingerprint density at radius 3 is 2.66 bits per heavy atom. The summed E-state index contributed by atoms with van der Waals surface area (Å²) in [6.45, 7) is 7.31. The number of aromatic nitrogens is 1. The highest BCUT2D eigenvalue weighted by Gasteiger charge is 2.37. The first-order chi connectivity index (χ1) is 16.9. The Kier molecular flexibility index (Phi) is 8.79. The summed E-state index contributed by atoms with van der Waals surface area (Å²) in [7, 11) is 0. The number of aliphatic carboxylic acids is 1. The summed E-state index contributed by atoms with van der Waals surface area (Å²) in [5, 5.41) is 23.3. The van der Waals surface area contributed by atoms with E-state index in [-0.39, 0.29) is 12.0 Å². The second kappa shape index (κ2) is 11.8. The summed E-state index contributed by atoms with van der Waals surface area (Å²) in [5.41, 5.74) is 7.54.